The normalized spacial score (nSPS) is 16.8. The number of aromatic nitrogens is 3. The van der Waals surface area contributed by atoms with Gasteiger partial charge >= 0.3 is 0 Å². The molecule has 1 amide bonds. The van der Waals surface area contributed by atoms with Crippen molar-refractivity contribution in [2.45, 2.75) is 38.1 Å². The first kappa shape index (κ1) is 22.2. The van der Waals surface area contributed by atoms with Gasteiger partial charge in [-0.2, -0.15) is 5.10 Å². The van der Waals surface area contributed by atoms with Crippen LogP contribution in [-0.4, -0.2) is 66.5 Å². The maximum absolute atomic E-state index is 12.6. The summed E-state index contributed by atoms with van der Waals surface area (Å²) in [5, 5.41) is 7.69. The van der Waals surface area contributed by atoms with Gasteiger partial charge in [0.05, 0.1) is 27.7 Å². The number of hydrogen-bond acceptors (Lipinski definition) is 6. The zero-order chi connectivity index (χ0) is 23.2. The van der Waals surface area contributed by atoms with Gasteiger partial charge in [-0.1, -0.05) is 12.1 Å². The van der Waals surface area contributed by atoms with E-state index < -0.39 is 10.0 Å². The van der Waals surface area contributed by atoms with Gasteiger partial charge in [0, 0.05) is 45.7 Å². The van der Waals surface area contributed by atoms with Crippen LogP contribution in [0.3, 0.4) is 0 Å². The number of anilines is 1. The molecule has 9 nitrogen and oxygen atoms in total. The van der Waals surface area contributed by atoms with Gasteiger partial charge in [0.15, 0.2) is 5.65 Å². The lowest BCUT2D eigenvalue weighted by Gasteiger charge is -2.20. The Morgan fingerprint density at radius 3 is 2.66 bits per heavy atom. The van der Waals surface area contributed by atoms with E-state index in [0.29, 0.717) is 12.2 Å². The van der Waals surface area contributed by atoms with Crippen molar-refractivity contribution in [3.8, 4) is 11.3 Å². The van der Waals surface area contributed by atoms with E-state index in [9.17, 15) is 13.2 Å². The molecule has 2 aromatic heterocycles. The van der Waals surface area contributed by atoms with Gasteiger partial charge in [-0.25, -0.2) is 22.2 Å². The Labute approximate surface area is 188 Å². The maximum Gasteiger partial charge on any atom is 0.242 e. The molecule has 32 heavy (non-hydrogen) atoms. The van der Waals surface area contributed by atoms with Gasteiger partial charge < -0.3 is 10.2 Å². The van der Waals surface area contributed by atoms with Gasteiger partial charge in [-0.15, -0.1) is 0 Å². The standard InChI is InChI=1S/C22H28N6O3S/c1-14-11-20(27-10-9-18(13-27)24-16(3)29)22-23-15(2)21(28(22)25-14)17-7-6-8-19(12-17)32(30,31)26(4)5/h6-8,11-12,18H,9-10,13H2,1-5H3,(H,24,29)/t18-/m1/s1. The molecular weight excluding hydrogens is 428 g/mol. The molecule has 1 aromatic carbocycles. The first-order valence-electron chi connectivity index (χ1n) is 10.5. The first-order chi connectivity index (χ1) is 15.1. The molecular formula is C22H28N6O3S. The molecule has 170 valence electrons. The second-order valence-corrected chi connectivity index (χ2v) is 10.6. The number of rotatable bonds is 5. The molecule has 0 spiro atoms. The lowest BCUT2D eigenvalue weighted by molar-refractivity contribution is -0.119. The molecule has 1 atom stereocenters. The predicted octanol–water partition coefficient (Wildman–Crippen LogP) is 1.98. The number of carbonyl (C=O) groups excluding carboxylic acids is 1. The summed E-state index contributed by atoms with van der Waals surface area (Å²) in [6.45, 7) is 6.88. The number of fused-ring (bicyclic) bond motifs is 1. The van der Waals surface area contributed by atoms with E-state index in [1.807, 2.05) is 26.0 Å². The summed E-state index contributed by atoms with van der Waals surface area (Å²) in [5.41, 5.74) is 4.76. The maximum atomic E-state index is 12.6. The van der Waals surface area contributed by atoms with E-state index >= 15 is 0 Å². The third-order valence-electron chi connectivity index (χ3n) is 5.68. The number of nitrogens with one attached hydrogen (secondary N) is 1. The predicted molar refractivity (Wildman–Crippen MR) is 123 cm³/mol. The molecule has 4 rings (SSSR count). The quantitative estimate of drug-likeness (QED) is 0.630. The third kappa shape index (κ3) is 3.95. The minimum Gasteiger partial charge on any atom is -0.366 e. The van der Waals surface area contributed by atoms with Crippen LogP contribution in [0.1, 0.15) is 24.7 Å². The Morgan fingerprint density at radius 2 is 1.97 bits per heavy atom. The Bertz CT molecular complexity index is 1300. The Balaban J connectivity index is 1.81. The fraction of sp³-hybridized carbons (Fsp3) is 0.409. The first-order valence-corrected chi connectivity index (χ1v) is 11.9. The van der Waals surface area contributed by atoms with E-state index in [2.05, 4.69) is 10.2 Å². The molecule has 1 aliphatic heterocycles. The Kier molecular flexibility index (Phi) is 5.68. The smallest absolute Gasteiger partial charge is 0.242 e. The van der Waals surface area contributed by atoms with Crippen LogP contribution in [0.25, 0.3) is 16.9 Å². The second-order valence-electron chi connectivity index (χ2n) is 8.40. The lowest BCUT2D eigenvalue weighted by atomic mass is 10.1. The number of aryl methyl sites for hydroxylation is 2. The SMILES string of the molecule is CC(=O)N[C@@H]1CCN(c2cc(C)nn3c(-c4cccc(S(=O)(=O)N(C)C)c4)c(C)nc23)C1. The second kappa shape index (κ2) is 8.18. The highest BCUT2D eigenvalue weighted by Gasteiger charge is 2.27. The lowest BCUT2D eigenvalue weighted by Crippen LogP contribution is -2.35. The summed E-state index contributed by atoms with van der Waals surface area (Å²) in [7, 11) is -0.528. The fourth-order valence-electron chi connectivity index (χ4n) is 4.19. The largest absolute Gasteiger partial charge is 0.366 e. The highest BCUT2D eigenvalue weighted by atomic mass is 32.2. The highest BCUT2D eigenvalue weighted by Crippen LogP contribution is 2.32. The Morgan fingerprint density at radius 1 is 1.22 bits per heavy atom. The average Bonchev–Trinajstić information content (AvgIpc) is 3.30. The van der Waals surface area contributed by atoms with Crippen molar-refractivity contribution in [1.29, 1.82) is 0 Å². The fourth-order valence-corrected chi connectivity index (χ4v) is 5.14. The van der Waals surface area contributed by atoms with Crippen molar-refractivity contribution in [2.24, 2.45) is 0 Å². The van der Waals surface area contributed by atoms with E-state index in [-0.39, 0.29) is 16.8 Å². The number of imidazole rings is 1. The summed E-state index contributed by atoms with van der Waals surface area (Å²) in [4.78, 5) is 18.7. The summed E-state index contributed by atoms with van der Waals surface area (Å²) < 4.78 is 28.3. The topological polar surface area (TPSA) is 99.9 Å². The third-order valence-corrected chi connectivity index (χ3v) is 7.49. The number of amides is 1. The Hall–Kier alpha value is -2.98. The van der Waals surface area contributed by atoms with Crippen molar-refractivity contribution in [2.75, 3.05) is 32.1 Å². The van der Waals surface area contributed by atoms with Gasteiger partial charge in [0.1, 0.15) is 0 Å². The van der Waals surface area contributed by atoms with Gasteiger partial charge in [0.2, 0.25) is 15.9 Å². The summed E-state index contributed by atoms with van der Waals surface area (Å²) in [6.07, 6.45) is 0.865. The van der Waals surface area contributed by atoms with Crippen molar-refractivity contribution < 1.29 is 13.2 Å². The number of carbonyl (C=O) groups is 1. The van der Waals surface area contributed by atoms with Crippen LogP contribution in [0.2, 0.25) is 0 Å². The molecule has 0 radical (unpaired) electrons. The molecule has 1 fully saturated rings. The molecule has 1 N–H and O–H groups in total. The van der Waals surface area contributed by atoms with Crippen LogP contribution >= 0.6 is 0 Å². The van der Waals surface area contributed by atoms with E-state index in [1.54, 1.807) is 22.7 Å². The van der Waals surface area contributed by atoms with Gasteiger partial charge in [0.25, 0.3) is 0 Å². The van der Waals surface area contributed by atoms with Crippen LogP contribution in [0.4, 0.5) is 5.69 Å². The van der Waals surface area contributed by atoms with Crippen LogP contribution in [0, 0.1) is 13.8 Å². The molecule has 0 unspecified atom stereocenters. The zero-order valence-corrected chi connectivity index (χ0v) is 19.8. The molecule has 3 heterocycles. The molecule has 0 aliphatic carbocycles. The van der Waals surface area contributed by atoms with Crippen LogP contribution in [-0.2, 0) is 14.8 Å². The minimum atomic E-state index is -3.56. The molecule has 0 bridgehead atoms. The average molecular weight is 457 g/mol. The van der Waals surface area contributed by atoms with Crippen LogP contribution in [0.15, 0.2) is 35.2 Å². The number of hydrogen-bond donors (Lipinski definition) is 1. The van der Waals surface area contributed by atoms with E-state index in [0.717, 1.165) is 41.3 Å². The van der Waals surface area contributed by atoms with E-state index in [1.165, 1.54) is 25.3 Å². The highest BCUT2D eigenvalue weighted by molar-refractivity contribution is 7.89. The van der Waals surface area contributed by atoms with Crippen LogP contribution < -0.4 is 10.2 Å². The zero-order valence-electron chi connectivity index (χ0n) is 19.0. The van der Waals surface area contributed by atoms with Gasteiger partial charge in [-0.3, -0.25) is 4.79 Å². The monoisotopic (exact) mass is 456 g/mol. The van der Waals surface area contributed by atoms with Gasteiger partial charge in [-0.05, 0) is 38.5 Å². The van der Waals surface area contributed by atoms with Crippen LogP contribution in [0.5, 0.6) is 0 Å². The van der Waals surface area contributed by atoms with E-state index in [4.69, 9.17) is 10.1 Å². The number of sulfonamides is 1. The summed E-state index contributed by atoms with van der Waals surface area (Å²) in [6, 6.07) is 8.97. The number of benzene rings is 1. The molecule has 1 aliphatic rings. The summed E-state index contributed by atoms with van der Waals surface area (Å²) in [5.74, 6) is -0.0283. The molecule has 10 heteroatoms. The molecule has 1 saturated heterocycles. The summed E-state index contributed by atoms with van der Waals surface area (Å²) >= 11 is 0. The van der Waals surface area contributed by atoms with Crippen molar-refractivity contribution in [3.63, 3.8) is 0 Å². The minimum absolute atomic E-state index is 0.0283. The molecule has 0 saturated carbocycles. The van der Waals surface area contributed by atoms with Crippen molar-refractivity contribution >= 4 is 27.3 Å². The van der Waals surface area contributed by atoms with Crippen molar-refractivity contribution in [3.05, 3.63) is 41.7 Å². The van der Waals surface area contributed by atoms with Crippen molar-refractivity contribution in [1.82, 2.24) is 24.2 Å². The number of nitrogens with zero attached hydrogens (tertiary/aromatic N) is 5. The molecule has 3 aromatic rings.